The summed E-state index contributed by atoms with van der Waals surface area (Å²) in [7, 11) is 0. The molecule has 0 bridgehead atoms. The molecule has 1 aliphatic heterocycles. The van der Waals surface area contributed by atoms with Crippen LogP contribution in [0.4, 0.5) is 0 Å². The first kappa shape index (κ1) is 18.6. The number of nitrogens with zero attached hydrogens (tertiary/aromatic N) is 1. The van der Waals surface area contributed by atoms with Crippen molar-refractivity contribution in [2.24, 2.45) is 5.73 Å². The second-order valence-corrected chi connectivity index (χ2v) is 8.23. The SMILES string of the molecule is Cc1ccc(SC2(C(=O)N3CCCC(N)C3)CCCC2)cc1.Cl. The lowest BCUT2D eigenvalue weighted by atomic mass is 10.0. The van der Waals surface area contributed by atoms with Gasteiger partial charge < -0.3 is 10.6 Å². The van der Waals surface area contributed by atoms with Gasteiger partial charge in [0.05, 0.1) is 4.75 Å². The van der Waals surface area contributed by atoms with Crippen LogP contribution in [0.1, 0.15) is 44.1 Å². The average Bonchev–Trinajstić information content (AvgIpc) is 2.98. The number of hydrogen-bond acceptors (Lipinski definition) is 3. The van der Waals surface area contributed by atoms with Gasteiger partial charge in [-0.15, -0.1) is 24.2 Å². The van der Waals surface area contributed by atoms with Gasteiger partial charge in [0.1, 0.15) is 0 Å². The summed E-state index contributed by atoms with van der Waals surface area (Å²) in [5.74, 6) is 0.325. The lowest BCUT2D eigenvalue weighted by Crippen LogP contribution is -2.52. The molecule has 3 nitrogen and oxygen atoms in total. The van der Waals surface area contributed by atoms with Crippen molar-refractivity contribution in [3.05, 3.63) is 29.8 Å². The fraction of sp³-hybridized carbons (Fsp3) is 0.611. The van der Waals surface area contributed by atoms with Crippen LogP contribution in [0.2, 0.25) is 0 Å². The fourth-order valence-electron chi connectivity index (χ4n) is 3.62. The van der Waals surface area contributed by atoms with Crippen LogP contribution < -0.4 is 5.73 Å². The van der Waals surface area contributed by atoms with E-state index < -0.39 is 0 Å². The molecule has 23 heavy (non-hydrogen) atoms. The van der Waals surface area contributed by atoms with E-state index in [9.17, 15) is 4.79 Å². The fourth-order valence-corrected chi connectivity index (χ4v) is 5.05. The number of piperidine rings is 1. The maximum atomic E-state index is 13.2. The van der Waals surface area contributed by atoms with E-state index in [1.165, 1.54) is 10.5 Å². The molecule has 1 aromatic rings. The lowest BCUT2D eigenvalue weighted by molar-refractivity contribution is -0.134. The molecule has 0 radical (unpaired) electrons. The molecule has 2 N–H and O–H groups in total. The first-order valence-corrected chi connectivity index (χ1v) is 9.21. The second-order valence-electron chi connectivity index (χ2n) is 6.77. The van der Waals surface area contributed by atoms with Crippen molar-refractivity contribution in [3.8, 4) is 0 Å². The van der Waals surface area contributed by atoms with Crippen molar-refractivity contribution in [3.63, 3.8) is 0 Å². The van der Waals surface area contributed by atoms with Crippen LogP contribution >= 0.6 is 24.2 Å². The van der Waals surface area contributed by atoms with Gasteiger partial charge in [-0.3, -0.25) is 4.79 Å². The first-order chi connectivity index (χ1) is 10.6. The van der Waals surface area contributed by atoms with Gasteiger partial charge in [0.2, 0.25) is 5.91 Å². The maximum absolute atomic E-state index is 13.2. The predicted octanol–water partition coefficient (Wildman–Crippen LogP) is 3.77. The van der Waals surface area contributed by atoms with Crippen LogP contribution in [0.3, 0.4) is 0 Å². The number of amides is 1. The summed E-state index contributed by atoms with van der Waals surface area (Å²) < 4.78 is -0.258. The van der Waals surface area contributed by atoms with Crippen molar-refractivity contribution in [1.82, 2.24) is 4.90 Å². The van der Waals surface area contributed by atoms with Crippen molar-refractivity contribution in [2.75, 3.05) is 13.1 Å². The van der Waals surface area contributed by atoms with Crippen molar-refractivity contribution in [1.29, 1.82) is 0 Å². The molecular weight excluding hydrogens is 328 g/mol. The van der Waals surface area contributed by atoms with Crippen molar-refractivity contribution < 1.29 is 4.79 Å². The number of likely N-dealkylation sites (tertiary alicyclic amines) is 1. The minimum absolute atomic E-state index is 0. The summed E-state index contributed by atoms with van der Waals surface area (Å²) in [6, 6.07) is 8.71. The Morgan fingerprint density at radius 1 is 1.22 bits per heavy atom. The molecule has 1 atom stereocenters. The van der Waals surface area contributed by atoms with E-state index in [4.69, 9.17) is 5.73 Å². The second kappa shape index (κ2) is 7.91. The largest absolute Gasteiger partial charge is 0.340 e. The standard InChI is InChI=1S/C18H26N2OS.ClH/c1-14-6-8-16(9-7-14)22-18(10-2-3-11-18)17(21)20-12-4-5-15(19)13-20;/h6-9,15H,2-5,10-13,19H2,1H3;1H. The molecule has 1 heterocycles. The van der Waals surface area contributed by atoms with Crippen molar-refractivity contribution in [2.45, 2.75) is 61.1 Å². The van der Waals surface area contributed by atoms with E-state index in [0.29, 0.717) is 5.91 Å². The molecule has 128 valence electrons. The van der Waals surface area contributed by atoms with Gasteiger partial charge in [0.15, 0.2) is 0 Å². The summed E-state index contributed by atoms with van der Waals surface area (Å²) >= 11 is 1.78. The predicted molar refractivity (Wildman–Crippen MR) is 99.3 cm³/mol. The third-order valence-electron chi connectivity index (χ3n) is 4.88. The maximum Gasteiger partial charge on any atom is 0.239 e. The molecular formula is C18H27ClN2OS. The molecule has 1 aromatic carbocycles. The van der Waals surface area contributed by atoms with Crippen molar-refractivity contribution >= 4 is 30.1 Å². The number of aryl methyl sites for hydroxylation is 1. The number of benzene rings is 1. The lowest BCUT2D eigenvalue weighted by Gasteiger charge is -2.38. The van der Waals surface area contributed by atoms with Crippen LogP contribution in [-0.4, -0.2) is 34.7 Å². The Kier molecular flexibility index (Phi) is 6.40. The zero-order chi connectivity index (χ0) is 15.6. The third kappa shape index (κ3) is 4.23. The monoisotopic (exact) mass is 354 g/mol. The number of nitrogens with two attached hydrogens (primary N) is 1. The zero-order valence-corrected chi connectivity index (χ0v) is 15.4. The Morgan fingerprint density at radius 3 is 2.48 bits per heavy atom. The molecule has 1 saturated carbocycles. The summed E-state index contributed by atoms with van der Waals surface area (Å²) in [6.45, 7) is 3.71. The topological polar surface area (TPSA) is 46.3 Å². The molecule has 1 amide bonds. The smallest absolute Gasteiger partial charge is 0.239 e. The van der Waals surface area contributed by atoms with Crippen LogP contribution in [0.5, 0.6) is 0 Å². The van der Waals surface area contributed by atoms with Gasteiger partial charge in [-0.25, -0.2) is 0 Å². The summed E-state index contributed by atoms with van der Waals surface area (Å²) in [4.78, 5) is 16.4. The number of thioether (sulfide) groups is 1. The normalized spacial score (nSPS) is 23.4. The molecule has 2 fully saturated rings. The molecule has 1 unspecified atom stereocenters. The molecule has 1 saturated heterocycles. The molecule has 5 heteroatoms. The van der Waals surface area contributed by atoms with Gasteiger partial charge in [-0.1, -0.05) is 30.5 Å². The molecule has 3 rings (SSSR count). The Morgan fingerprint density at radius 2 is 1.87 bits per heavy atom. The van der Waals surface area contributed by atoms with Crippen LogP contribution in [0.25, 0.3) is 0 Å². The highest BCUT2D eigenvalue weighted by Crippen LogP contribution is 2.46. The number of carbonyl (C=O) groups excluding carboxylic acids is 1. The molecule has 2 aliphatic rings. The van der Waals surface area contributed by atoms with E-state index in [0.717, 1.165) is 51.6 Å². The summed E-state index contributed by atoms with van der Waals surface area (Å²) in [6.07, 6.45) is 6.39. The molecule has 0 aromatic heterocycles. The Labute approximate surface area is 149 Å². The summed E-state index contributed by atoms with van der Waals surface area (Å²) in [5.41, 5.74) is 7.34. The highest BCUT2D eigenvalue weighted by Gasteiger charge is 2.45. The van der Waals surface area contributed by atoms with E-state index in [2.05, 4.69) is 31.2 Å². The van der Waals surface area contributed by atoms with Crippen LogP contribution in [0.15, 0.2) is 29.2 Å². The van der Waals surface area contributed by atoms with Gasteiger partial charge >= 0.3 is 0 Å². The molecule has 0 spiro atoms. The number of carbonyl (C=O) groups is 1. The summed E-state index contributed by atoms with van der Waals surface area (Å²) in [5, 5.41) is 0. The van der Waals surface area contributed by atoms with Gasteiger partial charge in [-0.2, -0.15) is 0 Å². The minimum atomic E-state index is -0.258. The number of hydrogen-bond donors (Lipinski definition) is 1. The Balaban J connectivity index is 0.00000192. The average molecular weight is 355 g/mol. The minimum Gasteiger partial charge on any atom is -0.340 e. The molecule has 1 aliphatic carbocycles. The first-order valence-electron chi connectivity index (χ1n) is 8.40. The number of halogens is 1. The van der Waals surface area contributed by atoms with E-state index >= 15 is 0 Å². The van der Waals surface area contributed by atoms with E-state index in [-0.39, 0.29) is 23.2 Å². The zero-order valence-electron chi connectivity index (χ0n) is 13.8. The van der Waals surface area contributed by atoms with Gasteiger partial charge in [-0.05, 0) is 44.7 Å². The Hall–Kier alpha value is -0.710. The van der Waals surface area contributed by atoms with Gasteiger partial charge in [0.25, 0.3) is 0 Å². The van der Waals surface area contributed by atoms with E-state index in [1.807, 2.05) is 4.90 Å². The van der Waals surface area contributed by atoms with Crippen LogP contribution in [0, 0.1) is 6.92 Å². The number of rotatable bonds is 3. The van der Waals surface area contributed by atoms with Crippen LogP contribution in [-0.2, 0) is 4.79 Å². The van der Waals surface area contributed by atoms with Gasteiger partial charge in [0, 0.05) is 24.0 Å². The van der Waals surface area contributed by atoms with E-state index in [1.54, 1.807) is 11.8 Å². The third-order valence-corrected chi connectivity index (χ3v) is 6.36. The quantitative estimate of drug-likeness (QED) is 0.898. The highest BCUT2D eigenvalue weighted by atomic mass is 35.5. The Bertz CT molecular complexity index is 528. The highest BCUT2D eigenvalue weighted by molar-refractivity contribution is 8.01.